The number of likely N-dealkylation sites (N-methyl/N-ethyl adjacent to an activating group) is 1. The van der Waals surface area contributed by atoms with Gasteiger partial charge in [0.15, 0.2) is 0 Å². The van der Waals surface area contributed by atoms with Gasteiger partial charge in [-0.25, -0.2) is 0 Å². The molecule has 0 aromatic heterocycles. The van der Waals surface area contributed by atoms with E-state index in [0.717, 1.165) is 19.7 Å². The highest BCUT2D eigenvalue weighted by atomic mass is 16.5. The van der Waals surface area contributed by atoms with Crippen LogP contribution < -0.4 is 5.32 Å². The van der Waals surface area contributed by atoms with Crippen LogP contribution in [0.15, 0.2) is 0 Å². The van der Waals surface area contributed by atoms with Crippen molar-refractivity contribution in [1.82, 2.24) is 10.2 Å². The van der Waals surface area contributed by atoms with E-state index in [9.17, 15) is 0 Å². The number of rotatable bonds is 10. The van der Waals surface area contributed by atoms with Crippen molar-refractivity contribution in [3.63, 3.8) is 0 Å². The van der Waals surface area contributed by atoms with Gasteiger partial charge in [-0.05, 0) is 67.6 Å². The lowest BCUT2D eigenvalue weighted by atomic mass is 10.1. The summed E-state index contributed by atoms with van der Waals surface area (Å²) in [7, 11) is 2.18. The topological polar surface area (TPSA) is 24.5 Å². The highest BCUT2D eigenvalue weighted by Crippen LogP contribution is 2.01. The van der Waals surface area contributed by atoms with E-state index in [1.165, 1.54) is 25.8 Å². The summed E-state index contributed by atoms with van der Waals surface area (Å²) in [6.45, 7) is 15.0. The lowest BCUT2D eigenvalue weighted by molar-refractivity contribution is 0.0636. The minimum Gasteiger partial charge on any atom is -0.377 e. The normalized spacial score (nSPS) is 12.7. The summed E-state index contributed by atoms with van der Waals surface area (Å²) in [5, 5.41) is 3.52. The van der Waals surface area contributed by atoms with Crippen molar-refractivity contribution < 1.29 is 4.74 Å². The summed E-state index contributed by atoms with van der Waals surface area (Å²) in [6.07, 6.45) is 4.21. The Morgan fingerprint density at radius 2 is 1.72 bits per heavy atom. The number of hydrogen-bond donors (Lipinski definition) is 1. The van der Waals surface area contributed by atoms with E-state index < -0.39 is 0 Å². The molecule has 0 radical (unpaired) electrons. The summed E-state index contributed by atoms with van der Waals surface area (Å²) >= 11 is 0. The van der Waals surface area contributed by atoms with E-state index >= 15 is 0 Å². The lowest BCUT2D eigenvalue weighted by Gasteiger charge is -2.21. The van der Waals surface area contributed by atoms with Crippen molar-refractivity contribution in [2.45, 2.75) is 65.5 Å². The summed E-state index contributed by atoms with van der Waals surface area (Å²) in [5.41, 5.74) is 0.255. The molecular weight excluding hydrogens is 224 g/mol. The van der Waals surface area contributed by atoms with Gasteiger partial charge in [-0.3, -0.25) is 0 Å². The summed E-state index contributed by atoms with van der Waals surface area (Å²) in [4.78, 5) is 2.36. The maximum absolute atomic E-state index is 5.54. The van der Waals surface area contributed by atoms with Crippen LogP contribution in [0.5, 0.6) is 0 Å². The van der Waals surface area contributed by atoms with Crippen molar-refractivity contribution in [3.8, 4) is 0 Å². The van der Waals surface area contributed by atoms with Crippen molar-refractivity contribution in [1.29, 1.82) is 0 Å². The molecule has 0 aromatic rings. The maximum atomic E-state index is 5.54. The number of nitrogens with one attached hydrogen (secondary N) is 1. The molecule has 0 aliphatic rings. The highest BCUT2D eigenvalue weighted by Gasteiger charge is 2.07. The molecule has 110 valence electrons. The van der Waals surface area contributed by atoms with Gasteiger partial charge < -0.3 is 15.0 Å². The van der Waals surface area contributed by atoms with Crippen LogP contribution in [0, 0.1) is 0 Å². The Morgan fingerprint density at radius 3 is 2.28 bits per heavy atom. The second kappa shape index (κ2) is 9.76. The third-order valence-corrected chi connectivity index (χ3v) is 2.80. The summed E-state index contributed by atoms with van der Waals surface area (Å²) in [5.74, 6) is 0. The first kappa shape index (κ1) is 17.9. The molecule has 3 nitrogen and oxygen atoms in total. The monoisotopic (exact) mass is 258 g/mol. The van der Waals surface area contributed by atoms with Gasteiger partial charge in [-0.15, -0.1) is 0 Å². The minimum atomic E-state index is 0.255. The van der Waals surface area contributed by atoms with Crippen LogP contribution in [-0.4, -0.2) is 49.8 Å². The van der Waals surface area contributed by atoms with E-state index in [1.54, 1.807) is 0 Å². The molecular formula is C15H34N2O. The Bertz CT molecular complexity index is 187. The van der Waals surface area contributed by atoms with Crippen LogP contribution in [0.1, 0.15) is 53.9 Å². The molecule has 3 heteroatoms. The van der Waals surface area contributed by atoms with Gasteiger partial charge in [-0.1, -0.05) is 6.42 Å². The molecule has 0 aliphatic heterocycles. The Balaban J connectivity index is 3.27. The number of ether oxygens (including phenoxy) is 1. The number of unbranched alkanes of at least 4 members (excludes halogenated alkanes) is 2. The van der Waals surface area contributed by atoms with Crippen LogP contribution in [0.25, 0.3) is 0 Å². The van der Waals surface area contributed by atoms with Crippen molar-refractivity contribution >= 4 is 0 Å². The first-order valence-corrected chi connectivity index (χ1v) is 7.36. The van der Waals surface area contributed by atoms with Crippen molar-refractivity contribution in [2.75, 3.05) is 33.3 Å². The van der Waals surface area contributed by atoms with Crippen LogP contribution >= 0.6 is 0 Å². The molecule has 0 amide bonds. The Hall–Kier alpha value is -0.120. The number of nitrogens with zero attached hydrogens (tertiary/aromatic N) is 1. The van der Waals surface area contributed by atoms with Gasteiger partial charge in [0.2, 0.25) is 0 Å². The van der Waals surface area contributed by atoms with E-state index in [1.807, 2.05) is 0 Å². The van der Waals surface area contributed by atoms with Gasteiger partial charge >= 0.3 is 0 Å². The smallest absolute Gasteiger partial charge is 0.0596 e. The molecule has 0 atom stereocenters. The fourth-order valence-electron chi connectivity index (χ4n) is 1.70. The Labute approximate surface area is 114 Å². The van der Waals surface area contributed by atoms with Crippen LogP contribution in [-0.2, 0) is 4.74 Å². The zero-order chi connectivity index (χ0) is 14.0. The first-order chi connectivity index (χ1) is 8.31. The van der Waals surface area contributed by atoms with E-state index in [-0.39, 0.29) is 5.54 Å². The zero-order valence-electron chi connectivity index (χ0n) is 13.4. The van der Waals surface area contributed by atoms with Crippen molar-refractivity contribution in [3.05, 3.63) is 0 Å². The third kappa shape index (κ3) is 13.9. The first-order valence-electron chi connectivity index (χ1n) is 7.36. The number of hydrogen-bond acceptors (Lipinski definition) is 3. The van der Waals surface area contributed by atoms with Gasteiger partial charge in [0, 0.05) is 12.1 Å². The highest BCUT2D eigenvalue weighted by molar-refractivity contribution is 4.69. The quantitative estimate of drug-likeness (QED) is 0.610. The Kier molecular flexibility index (Phi) is 9.70. The maximum Gasteiger partial charge on any atom is 0.0596 e. The Morgan fingerprint density at radius 1 is 1.06 bits per heavy atom. The molecule has 0 aliphatic carbocycles. The molecule has 0 fully saturated rings. The largest absolute Gasteiger partial charge is 0.377 e. The molecule has 1 N–H and O–H groups in total. The molecule has 0 unspecified atom stereocenters. The van der Waals surface area contributed by atoms with E-state index in [2.05, 4.69) is 51.9 Å². The molecule has 0 spiro atoms. The SMILES string of the molecule is CC(C)OCCN(C)CCCCCNC(C)(C)C. The van der Waals surface area contributed by atoms with E-state index in [4.69, 9.17) is 4.74 Å². The average molecular weight is 258 g/mol. The average Bonchev–Trinajstić information content (AvgIpc) is 2.21. The summed E-state index contributed by atoms with van der Waals surface area (Å²) in [6, 6.07) is 0. The molecule has 0 aromatic carbocycles. The molecule has 0 saturated heterocycles. The fraction of sp³-hybridized carbons (Fsp3) is 1.00. The zero-order valence-corrected chi connectivity index (χ0v) is 13.4. The predicted octanol–water partition coefficient (Wildman–Crippen LogP) is 2.90. The fourth-order valence-corrected chi connectivity index (χ4v) is 1.70. The molecule has 0 heterocycles. The van der Waals surface area contributed by atoms with Crippen molar-refractivity contribution in [2.24, 2.45) is 0 Å². The second-order valence-electron chi connectivity index (χ2n) is 6.46. The molecule has 0 saturated carbocycles. The van der Waals surface area contributed by atoms with Gasteiger partial charge in [0.05, 0.1) is 12.7 Å². The van der Waals surface area contributed by atoms with Crippen LogP contribution in [0.4, 0.5) is 0 Å². The van der Waals surface area contributed by atoms with Gasteiger partial charge in [0.1, 0.15) is 0 Å². The lowest BCUT2D eigenvalue weighted by Crippen LogP contribution is -2.36. The van der Waals surface area contributed by atoms with Gasteiger partial charge in [0.25, 0.3) is 0 Å². The van der Waals surface area contributed by atoms with Crippen LogP contribution in [0.2, 0.25) is 0 Å². The molecule has 18 heavy (non-hydrogen) atoms. The second-order valence-corrected chi connectivity index (χ2v) is 6.46. The standard InChI is InChI=1S/C15H34N2O/c1-14(2)18-13-12-17(6)11-9-7-8-10-16-15(3,4)5/h14,16H,7-13H2,1-6H3. The van der Waals surface area contributed by atoms with Gasteiger partial charge in [-0.2, -0.15) is 0 Å². The predicted molar refractivity (Wildman–Crippen MR) is 80.2 cm³/mol. The molecule has 0 bridgehead atoms. The van der Waals surface area contributed by atoms with E-state index in [0.29, 0.717) is 6.10 Å². The summed E-state index contributed by atoms with van der Waals surface area (Å²) < 4.78 is 5.54. The molecule has 0 rings (SSSR count). The third-order valence-electron chi connectivity index (χ3n) is 2.80. The minimum absolute atomic E-state index is 0.255. The van der Waals surface area contributed by atoms with Crippen LogP contribution in [0.3, 0.4) is 0 Å².